The molecular weight excluding hydrogens is 282 g/mol. The van der Waals surface area contributed by atoms with E-state index in [1.807, 2.05) is 6.07 Å². The number of aromatic nitrogens is 2. The Morgan fingerprint density at radius 1 is 1.65 bits per heavy atom. The van der Waals surface area contributed by atoms with E-state index in [1.54, 1.807) is 12.3 Å². The third-order valence-corrected chi connectivity index (χ3v) is 4.11. The minimum absolute atomic E-state index is 0.268. The first-order valence-corrected chi connectivity index (χ1v) is 7.37. The predicted molar refractivity (Wildman–Crippen MR) is 74.0 cm³/mol. The van der Waals surface area contributed by atoms with Gasteiger partial charge in [-0.2, -0.15) is 16.6 Å². The molecule has 0 aromatic carbocycles. The van der Waals surface area contributed by atoms with Gasteiger partial charge in [-0.3, -0.25) is 4.57 Å². The van der Waals surface area contributed by atoms with Crippen LogP contribution in [0.5, 0.6) is 0 Å². The predicted octanol–water partition coefficient (Wildman–Crippen LogP) is -0.272. The van der Waals surface area contributed by atoms with Crippen LogP contribution in [0.3, 0.4) is 0 Å². The summed E-state index contributed by atoms with van der Waals surface area (Å²) in [7, 11) is 0. The van der Waals surface area contributed by atoms with Crippen LogP contribution in [0.1, 0.15) is 19.1 Å². The monoisotopic (exact) mass is 299 g/mol. The van der Waals surface area contributed by atoms with Crippen LogP contribution >= 0.6 is 11.4 Å². The first-order chi connectivity index (χ1) is 9.65. The summed E-state index contributed by atoms with van der Waals surface area (Å²) >= 11 is 0.889. The fraction of sp³-hybridized carbons (Fsp3) is 0.583. The molecule has 1 aliphatic heterocycles. The molecular formula is C12H17N3O4S. The summed E-state index contributed by atoms with van der Waals surface area (Å²) in [5.41, 5.74) is -0.331. The zero-order valence-electron chi connectivity index (χ0n) is 10.8. The first-order valence-electron chi connectivity index (χ1n) is 6.29. The number of aliphatic hydroxyl groups is 2. The van der Waals surface area contributed by atoms with Crippen molar-refractivity contribution in [3.63, 3.8) is 0 Å². The van der Waals surface area contributed by atoms with E-state index in [0.717, 1.165) is 16.0 Å². The molecule has 0 saturated carbocycles. The fourth-order valence-corrected chi connectivity index (χ4v) is 2.83. The van der Waals surface area contributed by atoms with Gasteiger partial charge in [-0.05, 0) is 6.07 Å². The largest absolute Gasteiger partial charge is 0.394 e. The standard InChI is InChI=1S/C12H17N3O4S/c13-3-1-5-20-10-2-4-15(12(18)14-10)11-6-8(17)9(7-16)19-11/h2,4,8-9,11,16-17,20H,1,5-7H2,(H,14,18)/t8-,9+,11+/m0/s1. The summed E-state index contributed by atoms with van der Waals surface area (Å²) in [5, 5.41) is 27.2. The maximum Gasteiger partial charge on any atom is 0.328 e. The minimum atomic E-state index is -0.773. The summed E-state index contributed by atoms with van der Waals surface area (Å²) in [6.45, 7) is -0.277. The zero-order valence-corrected chi connectivity index (χ0v) is 11.7. The van der Waals surface area contributed by atoms with Crippen LogP contribution in [-0.4, -0.2) is 44.3 Å². The van der Waals surface area contributed by atoms with Crippen LogP contribution in [0, 0.1) is 16.0 Å². The molecule has 0 bridgehead atoms. The number of aromatic amines is 1. The van der Waals surface area contributed by atoms with E-state index in [4.69, 9.17) is 15.1 Å². The highest BCUT2D eigenvalue weighted by Crippen LogP contribution is 2.27. The molecule has 1 aliphatic rings. The summed E-state index contributed by atoms with van der Waals surface area (Å²) in [6, 6.07) is 3.80. The van der Waals surface area contributed by atoms with Crippen molar-refractivity contribution in [3.8, 4) is 6.07 Å². The molecule has 2 heterocycles. The molecule has 0 radical (unpaired) electrons. The van der Waals surface area contributed by atoms with Crippen molar-refractivity contribution in [2.45, 2.75) is 31.3 Å². The van der Waals surface area contributed by atoms with Gasteiger partial charge in [-0.1, -0.05) is 0 Å². The van der Waals surface area contributed by atoms with Gasteiger partial charge in [0, 0.05) is 24.8 Å². The van der Waals surface area contributed by atoms with E-state index in [-0.39, 0.29) is 18.7 Å². The molecule has 3 atom stereocenters. The van der Waals surface area contributed by atoms with E-state index < -0.39 is 18.4 Å². The van der Waals surface area contributed by atoms with Crippen molar-refractivity contribution in [1.82, 2.24) is 9.55 Å². The Morgan fingerprint density at radius 2 is 2.45 bits per heavy atom. The Bertz CT molecular complexity index is 618. The summed E-state index contributed by atoms with van der Waals surface area (Å²) < 4.78 is 7.52. The van der Waals surface area contributed by atoms with Crippen molar-refractivity contribution in [2.75, 3.05) is 12.4 Å². The molecule has 0 unspecified atom stereocenters. The van der Waals surface area contributed by atoms with Crippen molar-refractivity contribution in [3.05, 3.63) is 27.4 Å². The Kier molecular flexibility index (Phi) is 5.14. The van der Waals surface area contributed by atoms with Gasteiger partial charge in [0.2, 0.25) is 0 Å². The van der Waals surface area contributed by atoms with Gasteiger partial charge in [0.25, 0.3) is 0 Å². The number of H-pyrrole nitrogens is 1. The second-order valence-corrected chi connectivity index (χ2v) is 5.69. The number of hydrogen-bond acceptors (Lipinski definition) is 5. The quantitative estimate of drug-likeness (QED) is 0.347. The SMILES string of the molecule is N#CCC[SH]=c1ccn([C@H]2C[C@H](O)[C@@H](CO)O2)c(=O)[nH]1. The Hall–Kier alpha value is -1.40. The molecule has 0 aliphatic carbocycles. The maximum absolute atomic E-state index is 12.0. The molecule has 20 heavy (non-hydrogen) atoms. The van der Waals surface area contributed by atoms with Crippen LogP contribution < -0.4 is 5.69 Å². The van der Waals surface area contributed by atoms with Crippen LogP contribution in [-0.2, 0) is 4.74 Å². The van der Waals surface area contributed by atoms with Gasteiger partial charge in [-0.15, -0.1) is 0 Å². The molecule has 0 spiro atoms. The van der Waals surface area contributed by atoms with Gasteiger partial charge < -0.3 is 19.9 Å². The van der Waals surface area contributed by atoms with Gasteiger partial charge >= 0.3 is 5.69 Å². The number of hydrogen-bond donors (Lipinski definition) is 4. The second kappa shape index (κ2) is 6.85. The lowest BCUT2D eigenvalue weighted by Gasteiger charge is -2.14. The number of nitrogens with zero attached hydrogens (tertiary/aromatic N) is 2. The van der Waals surface area contributed by atoms with Crippen LogP contribution in [0.4, 0.5) is 0 Å². The van der Waals surface area contributed by atoms with E-state index in [9.17, 15) is 9.90 Å². The molecule has 1 fully saturated rings. The molecule has 1 saturated heterocycles. The third kappa shape index (κ3) is 3.37. The smallest absolute Gasteiger partial charge is 0.328 e. The van der Waals surface area contributed by atoms with Crippen LogP contribution in [0.15, 0.2) is 17.1 Å². The summed E-state index contributed by atoms with van der Waals surface area (Å²) in [5.74, 6) is 0.668. The van der Waals surface area contributed by atoms with Gasteiger partial charge in [0.15, 0.2) is 0 Å². The highest BCUT2D eigenvalue weighted by Gasteiger charge is 2.34. The molecule has 8 heteroatoms. The molecule has 1 aromatic heterocycles. The van der Waals surface area contributed by atoms with Gasteiger partial charge in [-0.25, -0.2) is 4.79 Å². The summed E-state index contributed by atoms with van der Waals surface area (Å²) in [6.07, 6.45) is 0.311. The number of ether oxygens (including phenoxy) is 1. The fourth-order valence-electron chi connectivity index (χ4n) is 2.03. The van der Waals surface area contributed by atoms with Crippen LogP contribution in [0.2, 0.25) is 0 Å². The van der Waals surface area contributed by atoms with Crippen molar-refractivity contribution >= 4 is 11.4 Å². The van der Waals surface area contributed by atoms with Crippen molar-refractivity contribution in [2.24, 2.45) is 0 Å². The third-order valence-electron chi connectivity index (χ3n) is 3.06. The lowest BCUT2D eigenvalue weighted by atomic mass is 10.2. The highest BCUT2D eigenvalue weighted by atomic mass is 32.1. The molecule has 0 amide bonds. The lowest BCUT2D eigenvalue weighted by molar-refractivity contribution is -0.0459. The van der Waals surface area contributed by atoms with Crippen LogP contribution in [0.25, 0.3) is 0 Å². The van der Waals surface area contributed by atoms with E-state index in [0.29, 0.717) is 12.2 Å². The summed E-state index contributed by atoms with van der Waals surface area (Å²) in [4.78, 5) is 14.7. The first kappa shape index (κ1) is 15.0. The van der Waals surface area contributed by atoms with Crippen molar-refractivity contribution in [1.29, 1.82) is 5.26 Å². The minimum Gasteiger partial charge on any atom is -0.394 e. The van der Waals surface area contributed by atoms with E-state index in [1.165, 1.54) is 4.57 Å². The lowest BCUT2D eigenvalue weighted by Crippen LogP contribution is -2.27. The number of nitriles is 1. The molecule has 1 aromatic rings. The number of thiol groups is 1. The number of nitrogens with one attached hydrogen (secondary N) is 1. The normalized spacial score (nSPS) is 27.1. The number of rotatable bonds is 4. The Morgan fingerprint density at radius 3 is 3.05 bits per heavy atom. The molecule has 7 nitrogen and oxygen atoms in total. The zero-order chi connectivity index (χ0) is 14.5. The molecule has 2 rings (SSSR count). The van der Waals surface area contributed by atoms with Crippen molar-refractivity contribution < 1.29 is 14.9 Å². The van der Waals surface area contributed by atoms with E-state index in [2.05, 4.69) is 4.98 Å². The molecule has 3 N–H and O–H groups in total. The second-order valence-electron chi connectivity index (χ2n) is 4.44. The maximum atomic E-state index is 12.0. The average molecular weight is 299 g/mol. The average Bonchev–Trinajstić information content (AvgIpc) is 2.80. The van der Waals surface area contributed by atoms with Gasteiger partial charge in [0.1, 0.15) is 12.3 Å². The number of aliphatic hydroxyl groups excluding tert-OH is 2. The van der Waals surface area contributed by atoms with Gasteiger partial charge in [0.05, 0.1) is 23.4 Å². The topological polar surface area (TPSA) is 111 Å². The molecule has 110 valence electrons. The van der Waals surface area contributed by atoms with E-state index >= 15 is 0 Å². The Labute approximate surface area is 119 Å². The Balaban J connectivity index is 2.17. The highest BCUT2D eigenvalue weighted by molar-refractivity contribution is 7.91.